The van der Waals surface area contributed by atoms with Crippen molar-refractivity contribution in [2.24, 2.45) is 0 Å². The molecule has 0 unspecified atom stereocenters. The van der Waals surface area contributed by atoms with Gasteiger partial charge >= 0.3 is 7.12 Å². The molecule has 134 valence electrons. The molecule has 0 spiro atoms. The van der Waals surface area contributed by atoms with Gasteiger partial charge in [-0.05, 0) is 51.7 Å². The van der Waals surface area contributed by atoms with E-state index in [-0.39, 0.29) is 5.56 Å². The Morgan fingerprint density at radius 1 is 1.04 bits per heavy atom. The third-order valence-corrected chi connectivity index (χ3v) is 5.57. The van der Waals surface area contributed by atoms with Gasteiger partial charge in [-0.25, -0.2) is 4.98 Å². The van der Waals surface area contributed by atoms with Crippen LogP contribution in [0, 0.1) is 6.92 Å². The highest BCUT2D eigenvalue weighted by molar-refractivity contribution is 6.62. The van der Waals surface area contributed by atoms with Crippen LogP contribution in [-0.2, 0) is 9.31 Å². The normalized spacial score (nSPS) is 18.6. The molecule has 0 radical (unpaired) electrons. The monoisotopic (exact) mass is 351 g/mol. The molecule has 0 aliphatic carbocycles. The van der Waals surface area contributed by atoms with Crippen LogP contribution in [0.1, 0.15) is 33.3 Å². The molecule has 1 fully saturated rings. The van der Waals surface area contributed by atoms with Crippen molar-refractivity contribution in [3.63, 3.8) is 0 Å². The van der Waals surface area contributed by atoms with E-state index in [4.69, 9.17) is 9.31 Å². The number of imidazole rings is 1. The van der Waals surface area contributed by atoms with E-state index in [0.717, 1.165) is 16.7 Å². The molecule has 26 heavy (non-hydrogen) atoms. The lowest BCUT2D eigenvalue weighted by molar-refractivity contribution is 0.00578. The number of fused-ring (bicyclic) bond motifs is 1. The first kappa shape index (κ1) is 17.1. The Bertz CT molecular complexity index is 1040. The maximum Gasteiger partial charge on any atom is 0.495 e. The van der Waals surface area contributed by atoms with Crippen molar-refractivity contribution < 1.29 is 9.31 Å². The van der Waals surface area contributed by atoms with Gasteiger partial charge in [-0.2, -0.15) is 0 Å². The minimum absolute atomic E-state index is 0.160. The van der Waals surface area contributed by atoms with Crippen LogP contribution in [0.3, 0.4) is 0 Å². The molecule has 1 aliphatic heterocycles. The highest BCUT2D eigenvalue weighted by Gasteiger charge is 2.52. The van der Waals surface area contributed by atoms with Crippen molar-refractivity contribution in [1.82, 2.24) is 14.0 Å². The van der Waals surface area contributed by atoms with Crippen LogP contribution in [0.4, 0.5) is 0 Å². The van der Waals surface area contributed by atoms with E-state index in [2.05, 4.69) is 4.98 Å². The van der Waals surface area contributed by atoms with E-state index in [1.54, 1.807) is 27.6 Å². The second kappa shape index (κ2) is 5.56. The van der Waals surface area contributed by atoms with Gasteiger partial charge < -0.3 is 13.7 Å². The van der Waals surface area contributed by atoms with Crippen LogP contribution >= 0.6 is 0 Å². The van der Waals surface area contributed by atoms with E-state index in [0.29, 0.717) is 5.65 Å². The van der Waals surface area contributed by atoms with Crippen LogP contribution in [0.5, 0.6) is 0 Å². The number of hydrogen-bond donors (Lipinski definition) is 0. The summed E-state index contributed by atoms with van der Waals surface area (Å²) in [6.45, 7) is 10.1. The Hall–Kier alpha value is -2.38. The van der Waals surface area contributed by atoms with Gasteiger partial charge in [0.1, 0.15) is 0 Å². The van der Waals surface area contributed by atoms with E-state index in [1.165, 1.54) is 0 Å². The molecule has 0 bridgehead atoms. The Balaban J connectivity index is 1.82. The molecule has 4 rings (SSSR count). The Morgan fingerprint density at radius 3 is 2.42 bits per heavy atom. The van der Waals surface area contributed by atoms with Gasteiger partial charge in [-0.3, -0.25) is 9.36 Å². The summed E-state index contributed by atoms with van der Waals surface area (Å²) in [5.74, 6) is 0. The Kier molecular flexibility index (Phi) is 3.65. The molecule has 0 atom stereocenters. The summed E-state index contributed by atoms with van der Waals surface area (Å²) >= 11 is 0. The first-order chi connectivity index (χ1) is 12.2. The van der Waals surface area contributed by atoms with Gasteiger partial charge in [0, 0.05) is 24.8 Å². The fourth-order valence-electron chi connectivity index (χ4n) is 3.23. The summed E-state index contributed by atoms with van der Waals surface area (Å²) in [4.78, 5) is 17.0. The van der Waals surface area contributed by atoms with Crippen LogP contribution in [0.25, 0.3) is 11.3 Å². The van der Waals surface area contributed by atoms with Crippen molar-refractivity contribution >= 4 is 18.2 Å². The largest absolute Gasteiger partial charge is 0.495 e. The van der Waals surface area contributed by atoms with Gasteiger partial charge in [-0.15, -0.1) is 0 Å². The van der Waals surface area contributed by atoms with Crippen molar-refractivity contribution in [2.45, 2.75) is 45.8 Å². The zero-order valence-electron chi connectivity index (χ0n) is 15.7. The van der Waals surface area contributed by atoms with E-state index in [9.17, 15) is 4.79 Å². The minimum atomic E-state index is -0.467. The van der Waals surface area contributed by atoms with Gasteiger partial charge in [0.05, 0.1) is 16.9 Å². The molecule has 3 heterocycles. The van der Waals surface area contributed by atoms with Crippen molar-refractivity contribution in [1.29, 1.82) is 0 Å². The fraction of sp³-hybridized carbons (Fsp3) is 0.368. The minimum Gasteiger partial charge on any atom is -0.399 e. The molecule has 0 saturated carbocycles. The van der Waals surface area contributed by atoms with Gasteiger partial charge in [0.25, 0.3) is 5.56 Å². The average molecular weight is 351 g/mol. The van der Waals surface area contributed by atoms with Gasteiger partial charge in [0.15, 0.2) is 0 Å². The molecule has 1 aromatic carbocycles. The molecule has 2 aromatic heterocycles. The van der Waals surface area contributed by atoms with Crippen molar-refractivity contribution in [3.05, 3.63) is 58.9 Å². The molecular formula is C19H22BN3O3. The van der Waals surface area contributed by atoms with Crippen LogP contribution < -0.4 is 11.0 Å². The molecule has 0 amide bonds. The summed E-state index contributed by atoms with van der Waals surface area (Å²) in [6, 6.07) is 5.83. The first-order valence-electron chi connectivity index (χ1n) is 8.71. The molecular weight excluding hydrogens is 329 g/mol. The molecule has 1 saturated heterocycles. The third-order valence-electron chi connectivity index (χ3n) is 5.57. The lowest BCUT2D eigenvalue weighted by Gasteiger charge is -2.32. The third kappa shape index (κ3) is 2.42. The molecule has 0 N–H and O–H groups in total. The van der Waals surface area contributed by atoms with E-state index < -0.39 is 18.3 Å². The summed E-state index contributed by atoms with van der Waals surface area (Å²) in [5.41, 5.74) is 2.09. The Labute approximate surface area is 152 Å². The smallest absolute Gasteiger partial charge is 0.399 e. The van der Waals surface area contributed by atoms with Crippen LogP contribution in [0.15, 0.2) is 47.8 Å². The lowest BCUT2D eigenvalue weighted by atomic mass is 9.76. The highest BCUT2D eigenvalue weighted by Crippen LogP contribution is 2.36. The SMILES string of the molecule is Cc1c(B2OC(C)(C)C(C)(C)O2)cccc1-n1ccn2ccnc2c1=O. The predicted octanol–water partition coefficient (Wildman–Crippen LogP) is 2.09. The standard InChI is InChI=1S/C19H22BN3O3/c1-13-14(20-25-18(2,3)19(4,5)26-20)7-6-8-15(13)23-12-11-22-10-9-21-16(22)17(23)24/h6-12H,1-5H3. The molecule has 6 nitrogen and oxygen atoms in total. The van der Waals surface area contributed by atoms with E-state index >= 15 is 0 Å². The zero-order chi connectivity index (χ0) is 18.7. The summed E-state index contributed by atoms with van der Waals surface area (Å²) < 4.78 is 15.7. The highest BCUT2D eigenvalue weighted by atomic mass is 16.7. The first-order valence-corrected chi connectivity index (χ1v) is 8.71. The maximum atomic E-state index is 12.8. The average Bonchev–Trinajstić information content (AvgIpc) is 3.11. The number of benzene rings is 1. The van der Waals surface area contributed by atoms with Crippen LogP contribution in [-0.4, -0.2) is 32.3 Å². The van der Waals surface area contributed by atoms with Gasteiger partial charge in [-0.1, -0.05) is 12.1 Å². The molecule has 3 aromatic rings. The second-order valence-corrected chi connectivity index (χ2v) is 7.71. The predicted molar refractivity (Wildman–Crippen MR) is 101 cm³/mol. The molecule has 1 aliphatic rings. The van der Waals surface area contributed by atoms with E-state index in [1.807, 2.05) is 59.0 Å². The molecule has 7 heteroatoms. The quantitative estimate of drug-likeness (QED) is 0.664. The summed E-state index contributed by atoms with van der Waals surface area (Å²) in [6.07, 6.45) is 6.96. The van der Waals surface area contributed by atoms with Crippen molar-refractivity contribution in [2.75, 3.05) is 0 Å². The number of hydrogen-bond acceptors (Lipinski definition) is 4. The zero-order valence-corrected chi connectivity index (χ0v) is 15.7. The van der Waals surface area contributed by atoms with Crippen LogP contribution in [0.2, 0.25) is 0 Å². The number of nitrogens with zero attached hydrogens (tertiary/aromatic N) is 3. The summed E-state index contributed by atoms with van der Waals surface area (Å²) in [7, 11) is -0.467. The lowest BCUT2D eigenvalue weighted by Crippen LogP contribution is -2.41. The second-order valence-electron chi connectivity index (χ2n) is 7.71. The maximum absolute atomic E-state index is 12.8. The number of aromatic nitrogens is 3. The topological polar surface area (TPSA) is 57.8 Å². The summed E-state index contributed by atoms with van der Waals surface area (Å²) in [5, 5.41) is 0. The fourth-order valence-corrected chi connectivity index (χ4v) is 3.23. The Morgan fingerprint density at radius 2 is 1.73 bits per heavy atom. The number of rotatable bonds is 2. The van der Waals surface area contributed by atoms with Crippen molar-refractivity contribution in [3.8, 4) is 5.69 Å². The van der Waals surface area contributed by atoms with Gasteiger partial charge in [0.2, 0.25) is 5.65 Å².